The normalized spacial score (nSPS) is 11.7. The summed E-state index contributed by atoms with van der Waals surface area (Å²) in [5, 5.41) is 16.2. The maximum Gasteiger partial charge on any atom is 0.274 e. The largest absolute Gasteiger partial charge is 0.370 e. The monoisotopic (exact) mass is 312 g/mol. The number of nitrogens with zero attached hydrogens (tertiary/aromatic N) is 2. The van der Waals surface area contributed by atoms with Gasteiger partial charge in [0.15, 0.2) is 5.82 Å². The van der Waals surface area contributed by atoms with E-state index in [-0.39, 0.29) is 0 Å². The lowest BCUT2D eigenvalue weighted by atomic mass is 10.2. The summed E-state index contributed by atoms with van der Waals surface area (Å²) in [4.78, 5) is 14.9. The van der Waals surface area contributed by atoms with Crippen LogP contribution in [0.5, 0.6) is 0 Å². The van der Waals surface area contributed by atoms with E-state index >= 15 is 0 Å². The number of nitro groups is 1. The van der Waals surface area contributed by atoms with Gasteiger partial charge in [0.25, 0.3) is 6.20 Å². The topological polar surface area (TPSA) is 70.4 Å². The van der Waals surface area contributed by atoms with Crippen LogP contribution in [0.25, 0.3) is 0 Å². The van der Waals surface area contributed by atoms with E-state index in [0.29, 0.717) is 5.82 Å². The van der Waals surface area contributed by atoms with Gasteiger partial charge in [0, 0.05) is 29.9 Å². The molecule has 118 valence electrons. The number of hydrogen-bond acceptors (Lipinski definition) is 6. The molecule has 0 spiro atoms. The Morgan fingerprint density at radius 1 is 1.38 bits per heavy atom. The Kier molecular flexibility index (Phi) is 7.78. The summed E-state index contributed by atoms with van der Waals surface area (Å²) in [7, 11) is 5.81. The summed E-state index contributed by atoms with van der Waals surface area (Å²) in [6.45, 7) is 1.72. The highest BCUT2D eigenvalue weighted by Gasteiger charge is 2.02. The van der Waals surface area contributed by atoms with E-state index in [1.807, 2.05) is 11.3 Å². The highest BCUT2D eigenvalue weighted by molar-refractivity contribution is 7.11. The number of unbranched alkanes of at least 4 members (excludes halogenated alkanes) is 1. The van der Waals surface area contributed by atoms with E-state index in [2.05, 4.69) is 41.8 Å². The van der Waals surface area contributed by atoms with Gasteiger partial charge in [-0.05, 0) is 45.5 Å². The van der Waals surface area contributed by atoms with Crippen molar-refractivity contribution in [2.75, 3.05) is 27.7 Å². The first kappa shape index (κ1) is 17.5. The molecule has 0 radical (unpaired) electrons. The maximum atomic E-state index is 10.4. The van der Waals surface area contributed by atoms with Crippen molar-refractivity contribution in [1.29, 1.82) is 0 Å². The molecular weight excluding hydrogens is 288 g/mol. The lowest BCUT2D eigenvalue weighted by Crippen LogP contribution is -2.25. The van der Waals surface area contributed by atoms with Crippen molar-refractivity contribution in [2.45, 2.75) is 25.8 Å². The fraction of sp³-hybridized carbons (Fsp3) is 0.571. The van der Waals surface area contributed by atoms with E-state index < -0.39 is 4.92 Å². The average Bonchev–Trinajstić information content (AvgIpc) is 2.83. The molecule has 0 saturated heterocycles. The van der Waals surface area contributed by atoms with Crippen LogP contribution in [-0.2, 0) is 13.0 Å². The first-order valence-electron chi connectivity index (χ1n) is 7.00. The second kappa shape index (κ2) is 9.36. The third-order valence-electron chi connectivity index (χ3n) is 2.86. The van der Waals surface area contributed by atoms with E-state index in [0.717, 1.165) is 38.6 Å². The molecule has 0 aromatic carbocycles. The molecule has 0 unspecified atom stereocenters. The summed E-state index contributed by atoms with van der Waals surface area (Å²) in [5.74, 6) is 0.449. The van der Waals surface area contributed by atoms with Gasteiger partial charge in [-0.15, -0.1) is 11.3 Å². The van der Waals surface area contributed by atoms with Crippen molar-refractivity contribution in [3.8, 4) is 0 Å². The lowest BCUT2D eigenvalue weighted by Gasteiger charge is -2.07. The highest BCUT2D eigenvalue weighted by atomic mass is 32.1. The fourth-order valence-electron chi connectivity index (χ4n) is 1.90. The van der Waals surface area contributed by atoms with Crippen molar-refractivity contribution in [1.82, 2.24) is 15.5 Å². The SMILES string of the molecule is CNC(=C[N+](=O)[O-])NCCCCc1ccc(CN(C)C)s1. The van der Waals surface area contributed by atoms with Gasteiger partial charge >= 0.3 is 0 Å². The molecule has 1 rings (SSSR count). The molecule has 0 bridgehead atoms. The third-order valence-corrected chi connectivity index (χ3v) is 3.99. The number of rotatable bonds is 10. The molecule has 1 heterocycles. The third kappa shape index (κ3) is 7.67. The minimum Gasteiger partial charge on any atom is -0.370 e. The zero-order valence-electron chi connectivity index (χ0n) is 12.9. The molecule has 0 aliphatic carbocycles. The predicted octanol–water partition coefficient (Wildman–Crippen LogP) is 2.02. The Labute approximate surface area is 130 Å². The van der Waals surface area contributed by atoms with Gasteiger partial charge < -0.3 is 15.5 Å². The Balaban J connectivity index is 2.22. The summed E-state index contributed by atoms with van der Waals surface area (Å²) in [5.41, 5.74) is 0. The molecule has 0 aliphatic heterocycles. The first-order valence-corrected chi connectivity index (χ1v) is 7.82. The van der Waals surface area contributed by atoms with Crippen LogP contribution in [0, 0.1) is 10.1 Å². The van der Waals surface area contributed by atoms with Crippen LogP contribution in [0.2, 0.25) is 0 Å². The Morgan fingerprint density at radius 3 is 2.71 bits per heavy atom. The Morgan fingerprint density at radius 2 is 2.10 bits per heavy atom. The van der Waals surface area contributed by atoms with E-state index in [9.17, 15) is 10.1 Å². The minimum absolute atomic E-state index is 0.449. The summed E-state index contributed by atoms with van der Waals surface area (Å²) < 4.78 is 0. The number of nitrogens with one attached hydrogen (secondary N) is 2. The number of hydrogen-bond donors (Lipinski definition) is 2. The highest BCUT2D eigenvalue weighted by Crippen LogP contribution is 2.19. The van der Waals surface area contributed by atoms with Gasteiger partial charge in [0.2, 0.25) is 0 Å². The van der Waals surface area contributed by atoms with Crippen molar-refractivity contribution in [3.63, 3.8) is 0 Å². The zero-order valence-corrected chi connectivity index (χ0v) is 13.7. The second-order valence-corrected chi connectivity index (χ2v) is 6.32. The van der Waals surface area contributed by atoms with Crippen LogP contribution in [0.15, 0.2) is 24.2 Å². The molecule has 1 aromatic rings. The van der Waals surface area contributed by atoms with E-state index in [1.165, 1.54) is 9.75 Å². The smallest absolute Gasteiger partial charge is 0.274 e. The fourth-order valence-corrected chi connectivity index (χ4v) is 3.08. The summed E-state index contributed by atoms with van der Waals surface area (Å²) >= 11 is 1.86. The molecule has 0 saturated carbocycles. The van der Waals surface area contributed by atoms with Crippen LogP contribution < -0.4 is 10.6 Å². The van der Waals surface area contributed by atoms with Crippen LogP contribution in [0.1, 0.15) is 22.6 Å². The van der Waals surface area contributed by atoms with Crippen molar-refractivity contribution >= 4 is 11.3 Å². The van der Waals surface area contributed by atoms with Crippen LogP contribution in [0.3, 0.4) is 0 Å². The Hall–Kier alpha value is -1.60. The molecule has 0 fully saturated rings. The van der Waals surface area contributed by atoms with E-state index in [4.69, 9.17) is 0 Å². The summed E-state index contributed by atoms with van der Waals surface area (Å²) in [6, 6.07) is 4.39. The molecule has 2 N–H and O–H groups in total. The molecule has 21 heavy (non-hydrogen) atoms. The van der Waals surface area contributed by atoms with Crippen molar-refractivity contribution < 1.29 is 4.92 Å². The zero-order chi connectivity index (χ0) is 15.7. The predicted molar refractivity (Wildman–Crippen MR) is 86.8 cm³/mol. The van der Waals surface area contributed by atoms with E-state index in [1.54, 1.807) is 7.05 Å². The van der Waals surface area contributed by atoms with Gasteiger partial charge in [0.1, 0.15) is 0 Å². The van der Waals surface area contributed by atoms with Crippen molar-refractivity contribution in [2.24, 2.45) is 0 Å². The minimum atomic E-state index is -0.462. The molecule has 1 aromatic heterocycles. The molecule has 0 atom stereocenters. The average molecular weight is 312 g/mol. The molecule has 6 nitrogen and oxygen atoms in total. The van der Waals surface area contributed by atoms with Crippen LogP contribution in [0.4, 0.5) is 0 Å². The maximum absolute atomic E-state index is 10.4. The molecular formula is C14H24N4O2S. The first-order chi connectivity index (χ1) is 10.0. The number of aryl methyl sites for hydroxylation is 1. The second-order valence-electron chi connectivity index (χ2n) is 5.07. The van der Waals surface area contributed by atoms with Crippen LogP contribution >= 0.6 is 11.3 Å². The summed E-state index contributed by atoms with van der Waals surface area (Å²) in [6.07, 6.45) is 4.07. The molecule has 7 heteroatoms. The van der Waals surface area contributed by atoms with Crippen LogP contribution in [-0.4, -0.2) is 37.5 Å². The molecule has 0 amide bonds. The van der Waals surface area contributed by atoms with Gasteiger partial charge in [0.05, 0.1) is 4.92 Å². The van der Waals surface area contributed by atoms with Gasteiger partial charge in [-0.3, -0.25) is 10.1 Å². The Bertz CT molecular complexity index is 471. The quantitative estimate of drug-likeness (QED) is 0.393. The lowest BCUT2D eigenvalue weighted by molar-refractivity contribution is -0.404. The van der Waals surface area contributed by atoms with Gasteiger partial charge in [-0.25, -0.2) is 0 Å². The molecule has 0 aliphatic rings. The van der Waals surface area contributed by atoms with Crippen molar-refractivity contribution in [3.05, 3.63) is 44.0 Å². The van der Waals surface area contributed by atoms with Gasteiger partial charge in [-0.2, -0.15) is 0 Å². The standard InChI is InChI=1S/C14H24N4O2S/c1-15-14(11-18(19)20)16-9-5-4-6-12-7-8-13(21-12)10-17(2)3/h7-8,11,15-16H,4-6,9-10H2,1-3H3. The van der Waals surface area contributed by atoms with Gasteiger partial charge in [-0.1, -0.05) is 0 Å². The number of thiophene rings is 1.